The number of hydrogen-bond donors (Lipinski definition) is 0. The topological polar surface area (TPSA) is 40.9 Å². The average Bonchev–Trinajstić information content (AvgIpc) is 2.31. The number of hydrogen-bond acceptors (Lipinski definition) is 2. The van der Waals surface area contributed by atoms with Crippen LogP contribution in [0.3, 0.4) is 0 Å². The molecular formula is C13H17NO. The second-order valence-electron chi connectivity index (χ2n) is 3.07. The Kier molecular flexibility index (Phi) is 7.99. The van der Waals surface area contributed by atoms with E-state index in [2.05, 4.69) is 6.07 Å². The molecule has 0 aliphatic rings. The van der Waals surface area contributed by atoms with Crippen LogP contribution in [0.15, 0.2) is 30.3 Å². The van der Waals surface area contributed by atoms with Crippen molar-refractivity contribution in [2.45, 2.75) is 33.1 Å². The summed E-state index contributed by atoms with van der Waals surface area (Å²) in [4.78, 5) is 10.2. The monoisotopic (exact) mass is 203 g/mol. The van der Waals surface area contributed by atoms with Crippen molar-refractivity contribution in [3.05, 3.63) is 35.9 Å². The number of carbonyl (C=O) groups is 1. The SMILES string of the molecule is CCC(=O)CC.N#CCc1ccccc1. The fraction of sp³-hybridized carbons (Fsp3) is 0.385. The first-order valence-corrected chi connectivity index (χ1v) is 5.17. The van der Waals surface area contributed by atoms with E-state index in [9.17, 15) is 4.79 Å². The maximum atomic E-state index is 10.2. The van der Waals surface area contributed by atoms with Crippen LogP contribution in [0.2, 0.25) is 0 Å². The van der Waals surface area contributed by atoms with Gasteiger partial charge in [-0.3, -0.25) is 4.79 Å². The van der Waals surface area contributed by atoms with E-state index in [0.717, 1.165) is 5.56 Å². The number of carbonyl (C=O) groups excluding carboxylic acids is 1. The first-order chi connectivity index (χ1) is 7.24. The lowest BCUT2D eigenvalue weighted by molar-refractivity contribution is -0.118. The van der Waals surface area contributed by atoms with E-state index < -0.39 is 0 Å². The highest BCUT2D eigenvalue weighted by Crippen LogP contribution is 1.96. The van der Waals surface area contributed by atoms with Gasteiger partial charge in [-0.1, -0.05) is 44.2 Å². The molecule has 0 amide bonds. The molecular weight excluding hydrogens is 186 g/mol. The lowest BCUT2D eigenvalue weighted by atomic mass is 10.2. The summed E-state index contributed by atoms with van der Waals surface area (Å²) in [6, 6.07) is 11.8. The molecule has 0 spiro atoms. The Morgan fingerprint density at radius 3 is 2.07 bits per heavy atom. The Balaban J connectivity index is 0.000000288. The van der Waals surface area contributed by atoms with E-state index in [0.29, 0.717) is 25.0 Å². The molecule has 15 heavy (non-hydrogen) atoms. The van der Waals surface area contributed by atoms with Gasteiger partial charge < -0.3 is 0 Å². The van der Waals surface area contributed by atoms with Gasteiger partial charge >= 0.3 is 0 Å². The number of benzene rings is 1. The van der Waals surface area contributed by atoms with Gasteiger partial charge in [-0.25, -0.2) is 0 Å². The van der Waals surface area contributed by atoms with Crippen molar-refractivity contribution < 1.29 is 4.79 Å². The zero-order valence-corrected chi connectivity index (χ0v) is 9.36. The standard InChI is InChI=1S/C8H7N.C5H10O/c9-7-6-8-4-2-1-3-5-8;1-3-5(6)4-2/h1-5H,6H2;3-4H2,1-2H3. The summed E-state index contributed by atoms with van der Waals surface area (Å²) in [5.41, 5.74) is 1.08. The minimum Gasteiger partial charge on any atom is -0.300 e. The van der Waals surface area contributed by atoms with Gasteiger partial charge in [-0.05, 0) is 5.56 Å². The minimum absolute atomic E-state index is 0.343. The van der Waals surface area contributed by atoms with Gasteiger partial charge in [0.25, 0.3) is 0 Å². The molecule has 2 nitrogen and oxygen atoms in total. The molecule has 80 valence electrons. The fourth-order valence-electron chi connectivity index (χ4n) is 0.937. The zero-order chi connectivity index (χ0) is 11.5. The third kappa shape index (κ3) is 7.45. The van der Waals surface area contributed by atoms with E-state index in [4.69, 9.17) is 5.26 Å². The summed E-state index contributed by atoms with van der Waals surface area (Å²) >= 11 is 0. The van der Waals surface area contributed by atoms with E-state index in [1.807, 2.05) is 44.2 Å². The van der Waals surface area contributed by atoms with E-state index in [1.165, 1.54) is 0 Å². The van der Waals surface area contributed by atoms with Crippen LogP contribution < -0.4 is 0 Å². The van der Waals surface area contributed by atoms with Crippen LogP contribution in [0, 0.1) is 11.3 Å². The molecule has 0 N–H and O–H groups in total. The molecule has 0 aromatic heterocycles. The number of nitrogens with zero attached hydrogens (tertiary/aromatic N) is 1. The van der Waals surface area contributed by atoms with Gasteiger partial charge in [0.1, 0.15) is 5.78 Å². The van der Waals surface area contributed by atoms with Crippen molar-refractivity contribution in [3.63, 3.8) is 0 Å². The summed E-state index contributed by atoms with van der Waals surface area (Å²) in [5.74, 6) is 0.343. The fourth-order valence-corrected chi connectivity index (χ4v) is 0.937. The van der Waals surface area contributed by atoms with E-state index in [1.54, 1.807) is 0 Å². The first-order valence-electron chi connectivity index (χ1n) is 5.17. The normalized spacial score (nSPS) is 8.33. The first kappa shape index (κ1) is 13.4. The maximum Gasteiger partial charge on any atom is 0.132 e. The van der Waals surface area contributed by atoms with Crippen LogP contribution >= 0.6 is 0 Å². The van der Waals surface area contributed by atoms with Crippen molar-refractivity contribution in [3.8, 4) is 6.07 Å². The van der Waals surface area contributed by atoms with Gasteiger partial charge in [-0.15, -0.1) is 0 Å². The molecule has 2 heteroatoms. The van der Waals surface area contributed by atoms with Crippen LogP contribution in [-0.2, 0) is 11.2 Å². The minimum atomic E-state index is 0.343. The largest absolute Gasteiger partial charge is 0.300 e. The van der Waals surface area contributed by atoms with Gasteiger partial charge in [-0.2, -0.15) is 5.26 Å². The number of nitriles is 1. The molecule has 0 saturated heterocycles. The summed E-state index contributed by atoms with van der Waals surface area (Å²) in [5, 5.41) is 8.27. The summed E-state index contributed by atoms with van der Waals surface area (Å²) in [7, 11) is 0. The van der Waals surface area contributed by atoms with Crippen molar-refractivity contribution >= 4 is 5.78 Å². The molecule has 1 aromatic carbocycles. The van der Waals surface area contributed by atoms with Gasteiger partial charge in [0, 0.05) is 12.8 Å². The summed E-state index contributed by atoms with van der Waals surface area (Å²) in [6.45, 7) is 3.76. The van der Waals surface area contributed by atoms with Crippen molar-refractivity contribution in [1.82, 2.24) is 0 Å². The van der Waals surface area contributed by atoms with Crippen molar-refractivity contribution in [2.75, 3.05) is 0 Å². The molecule has 0 aliphatic heterocycles. The number of rotatable bonds is 3. The average molecular weight is 203 g/mol. The Bertz CT molecular complexity index is 305. The molecule has 0 atom stereocenters. The Labute approximate surface area is 91.5 Å². The predicted molar refractivity (Wildman–Crippen MR) is 61.3 cm³/mol. The predicted octanol–water partition coefficient (Wildman–Crippen LogP) is 3.13. The highest BCUT2D eigenvalue weighted by atomic mass is 16.1. The van der Waals surface area contributed by atoms with Gasteiger partial charge in [0.15, 0.2) is 0 Å². The Morgan fingerprint density at radius 2 is 1.73 bits per heavy atom. The van der Waals surface area contributed by atoms with Crippen LogP contribution in [0.1, 0.15) is 32.3 Å². The quantitative estimate of drug-likeness (QED) is 0.757. The van der Waals surface area contributed by atoms with Crippen molar-refractivity contribution in [1.29, 1.82) is 5.26 Å². The molecule has 1 rings (SSSR count). The molecule has 0 saturated carbocycles. The lowest BCUT2D eigenvalue weighted by Crippen LogP contribution is -1.88. The Morgan fingerprint density at radius 1 is 1.20 bits per heavy atom. The molecule has 0 heterocycles. The van der Waals surface area contributed by atoms with Crippen molar-refractivity contribution in [2.24, 2.45) is 0 Å². The molecule has 0 bridgehead atoms. The van der Waals surface area contributed by atoms with Crippen LogP contribution in [0.5, 0.6) is 0 Å². The highest BCUT2D eigenvalue weighted by Gasteiger charge is 1.86. The smallest absolute Gasteiger partial charge is 0.132 e. The number of Topliss-reactive ketones (excluding diaryl/α,β-unsaturated/α-hetero) is 1. The third-order valence-electron chi connectivity index (χ3n) is 1.91. The highest BCUT2D eigenvalue weighted by molar-refractivity contribution is 5.77. The summed E-state index contributed by atoms with van der Waals surface area (Å²) < 4.78 is 0. The van der Waals surface area contributed by atoms with Gasteiger partial charge in [0.2, 0.25) is 0 Å². The molecule has 1 aromatic rings. The Hall–Kier alpha value is -1.62. The van der Waals surface area contributed by atoms with E-state index in [-0.39, 0.29) is 0 Å². The second kappa shape index (κ2) is 8.96. The molecule has 0 unspecified atom stereocenters. The lowest BCUT2D eigenvalue weighted by Gasteiger charge is -1.88. The van der Waals surface area contributed by atoms with Crippen LogP contribution in [-0.4, -0.2) is 5.78 Å². The molecule has 0 fully saturated rings. The van der Waals surface area contributed by atoms with Crippen LogP contribution in [0.25, 0.3) is 0 Å². The number of ketones is 1. The second-order valence-corrected chi connectivity index (χ2v) is 3.07. The zero-order valence-electron chi connectivity index (χ0n) is 9.36. The van der Waals surface area contributed by atoms with Gasteiger partial charge in [0.05, 0.1) is 12.5 Å². The molecule has 0 aliphatic carbocycles. The molecule has 0 radical (unpaired) electrons. The van der Waals surface area contributed by atoms with Crippen LogP contribution in [0.4, 0.5) is 0 Å². The maximum absolute atomic E-state index is 10.2. The summed E-state index contributed by atoms with van der Waals surface area (Å²) in [6.07, 6.45) is 1.90. The third-order valence-corrected chi connectivity index (χ3v) is 1.91. The van der Waals surface area contributed by atoms with E-state index >= 15 is 0 Å².